The quantitative estimate of drug-likeness (QED) is 0.0168. The lowest BCUT2D eigenvalue weighted by Gasteiger charge is -2.20. The lowest BCUT2D eigenvalue weighted by Crippen LogP contribution is -2.30. The van der Waals surface area contributed by atoms with Crippen molar-refractivity contribution in [3.63, 3.8) is 0 Å². The molecule has 0 fully saturated rings. The smallest absolute Gasteiger partial charge is 0.462 e. The second-order valence-electron chi connectivity index (χ2n) is 17.3. The first-order chi connectivity index (χ1) is 30.4. The van der Waals surface area contributed by atoms with Crippen molar-refractivity contribution in [2.45, 2.75) is 225 Å². The van der Waals surface area contributed by atoms with Crippen LogP contribution in [0.15, 0.2) is 48.6 Å². The zero-order valence-corrected chi connectivity index (χ0v) is 40.6. The molecule has 13 heteroatoms. The molecular formula is C50H91O12P. The van der Waals surface area contributed by atoms with E-state index in [9.17, 15) is 34.4 Å². The predicted octanol–water partition coefficient (Wildman–Crippen LogP) is 11.5. The molecule has 1 unspecified atom stereocenters. The molecule has 63 heavy (non-hydrogen) atoms. The summed E-state index contributed by atoms with van der Waals surface area (Å²) in [5.41, 5.74) is 0. The van der Waals surface area contributed by atoms with Crippen molar-refractivity contribution in [1.29, 1.82) is 0 Å². The minimum absolute atomic E-state index is 0.131. The SMILES string of the molecule is CC/C=C\C/C=C\C/C=C\C/C=C\C[C@@H](O)[C@H](O)CCCC(=O)O[C@H](COC(=O)CCCCCCCCCCCCCCCCCCCCC(C)C)COP(=O)(O)OC[C@@H](O)CO. The van der Waals surface area contributed by atoms with Gasteiger partial charge in [0.2, 0.25) is 0 Å². The van der Waals surface area contributed by atoms with Crippen LogP contribution in [0.1, 0.15) is 201 Å². The summed E-state index contributed by atoms with van der Waals surface area (Å²) in [4.78, 5) is 35.2. The van der Waals surface area contributed by atoms with Gasteiger partial charge >= 0.3 is 19.8 Å². The number of esters is 2. The van der Waals surface area contributed by atoms with E-state index in [0.717, 1.165) is 44.4 Å². The molecule has 0 aliphatic rings. The minimum atomic E-state index is -4.70. The summed E-state index contributed by atoms with van der Waals surface area (Å²) in [5.74, 6) is -0.374. The fraction of sp³-hybridized carbons (Fsp3) is 0.800. The van der Waals surface area contributed by atoms with Crippen LogP contribution in [0.25, 0.3) is 0 Å². The minimum Gasteiger partial charge on any atom is -0.462 e. The van der Waals surface area contributed by atoms with Crippen molar-refractivity contribution in [3.05, 3.63) is 48.6 Å². The highest BCUT2D eigenvalue weighted by atomic mass is 31.2. The van der Waals surface area contributed by atoms with Crippen molar-refractivity contribution < 1.29 is 58.0 Å². The molecule has 0 rings (SSSR count). The number of phosphoric ester groups is 1. The number of aliphatic hydroxyl groups is 4. The van der Waals surface area contributed by atoms with Gasteiger partial charge in [-0.2, -0.15) is 0 Å². The molecular weight excluding hydrogens is 824 g/mol. The second kappa shape index (κ2) is 43.7. The van der Waals surface area contributed by atoms with Gasteiger partial charge in [0.25, 0.3) is 0 Å². The van der Waals surface area contributed by atoms with E-state index in [1.807, 2.05) is 12.2 Å². The van der Waals surface area contributed by atoms with Gasteiger partial charge in [-0.25, -0.2) is 4.57 Å². The number of phosphoric acid groups is 1. The van der Waals surface area contributed by atoms with Gasteiger partial charge in [-0.3, -0.25) is 18.6 Å². The molecule has 0 heterocycles. The van der Waals surface area contributed by atoms with Gasteiger partial charge in [-0.1, -0.05) is 185 Å². The van der Waals surface area contributed by atoms with Crippen LogP contribution in [0.2, 0.25) is 0 Å². The van der Waals surface area contributed by atoms with Gasteiger partial charge in [0.1, 0.15) is 12.7 Å². The number of ether oxygens (including phenoxy) is 2. The first-order valence-corrected chi connectivity index (χ1v) is 26.1. The Morgan fingerprint density at radius 2 is 0.984 bits per heavy atom. The number of unbranched alkanes of at least 4 members (excludes halogenated alkanes) is 17. The van der Waals surface area contributed by atoms with Crippen molar-refractivity contribution in [3.8, 4) is 0 Å². The highest BCUT2D eigenvalue weighted by molar-refractivity contribution is 7.47. The maximum absolute atomic E-state index is 12.7. The molecule has 0 saturated heterocycles. The maximum atomic E-state index is 12.7. The molecule has 0 aliphatic carbocycles. The molecule has 0 amide bonds. The molecule has 0 spiro atoms. The molecule has 0 aromatic heterocycles. The van der Waals surface area contributed by atoms with Gasteiger partial charge in [0.15, 0.2) is 6.10 Å². The first-order valence-electron chi connectivity index (χ1n) is 24.6. The average molecular weight is 915 g/mol. The van der Waals surface area contributed by atoms with Gasteiger partial charge in [0.05, 0.1) is 32.0 Å². The van der Waals surface area contributed by atoms with E-state index in [-0.39, 0.29) is 32.1 Å². The zero-order chi connectivity index (χ0) is 46.7. The number of allylic oxidation sites excluding steroid dienone is 7. The van der Waals surface area contributed by atoms with E-state index >= 15 is 0 Å². The number of hydrogen-bond donors (Lipinski definition) is 5. The van der Waals surface area contributed by atoms with Crippen LogP contribution < -0.4 is 0 Å². The van der Waals surface area contributed by atoms with E-state index in [2.05, 4.69) is 55.7 Å². The molecule has 0 aromatic rings. The van der Waals surface area contributed by atoms with Crippen LogP contribution in [0.3, 0.4) is 0 Å². The molecule has 0 saturated carbocycles. The highest BCUT2D eigenvalue weighted by Gasteiger charge is 2.27. The second-order valence-corrected chi connectivity index (χ2v) is 18.7. The number of hydrogen-bond acceptors (Lipinski definition) is 11. The van der Waals surface area contributed by atoms with E-state index in [1.54, 1.807) is 6.08 Å². The summed E-state index contributed by atoms with van der Waals surface area (Å²) >= 11 is 0. The summed E-state index contributed by atoms with van der Waals surface area (Å²) in [6, 6.07) is 0. The Hall–Kier alpha value is -2.15. The van der Waals surface area contributed by atoms with Crippen LogP contribution in [-0.4, -0.2) is 88.1 Å². The summed E-state index contributed by atoms with van der Waals surface area (Å²) < 4.78 is 32.6. The fourth-order valence-corrected chi connectivity index (χ4v) is 7.53. The number of carbonyl (C=O) groups is 2. The molecule has 5 atom stereocenters. The average Bonchev–Trinajstić information content (AvgIpc) is 3.25. The highest BCUT2D eigenvalue weighted by Crippen LogP contribution is 2.43. The van der Waals surface area contributed by atoms with Crippen molar-refractivity contribution in [2.24, 2.45) is 5.92 Å². The summed E-state index contributed by atoms with van der Waals surface area (Å²) in [6.07, 6.45) is 39.6. The van der Waals surface area contributed by atoms with Gasteiger partial charge in [0, 0.05) is 12.8 Å². The topological polar surface area (TPSA) is 189 Å². The Morgan fingerprint density at radius 1 is 0.540 bits per heavy atom. The Labute approximate surface area is 382 Å². The van der Waals surface area contributed by atoms with Crippen LogP contribution in [0, 0.1) is 5.92 Å². The standard InChI is InChI=1S/C50H91O12P/c1-4-5-6-7-8-9-10-20-23-26-29-32-36-47(53)48(54)37-34-39-50(56)62-46(43-61-63(57,58)60-41-45(52)40-51)42-59-49(55)38-33-30-27-24-21-18-16-14-12-11-13-15-17-19-22-25-28-31-35-44(2)3/h5-6,8-9,20,23,29,32,44-48,51-54H,4,7,10-19,21-22,24-28,30-31,33-43H2,1-3H3,(H,57,58)/b6-5-,9-8-,23-20-,32-29-/t45-,46+,47+,48+/m0/s1. The Bertz CT molecular complexity index is 1240. The predicted molar refractivity (Wildman–Crippen MR) is 254 cm³/mol. The lowest BCUT2D eigenvalue weighted by atomic mass is 10.0. The van der Waals surface area contributed by atoms with Crippen LogP contribution in [-0.2, 0) is 32.7 Å². The third-order valence-electron chi connectivity index (χ3n) is 10.6. The van der Waals surface area contributed by atoms with Gasteiger partial charge in [-0.05, 0) is 57.3 Å². The first kappa shape index (κ1) is 60.9. The fourth-order valence-electron chi connectivity index (χ4n) is 6.74. The van der Waals surface area contributed by atoms with Gasteiger partial charge in [-0.15, -0.1) is 0 Å². The largest absolute Gasteiger partial charge is 0.472 e. The molecule has 0 aliphatic heterocycles. The monoisotopic (exact) mass is 915 g/mol. The Morgan fingerprint density at radius 3 is 1.48 bits per heavy atom. The van der Waals surface area contributed by atoms with Crippen LogP contribution in [0.4, 0.5) is 0 Å². The van der Waals surface area contributed by atoms with Crippen molar-refractivity contribution in [2.75, 3.05) is 26.4 Å². The summed E-state index contributed by atoms with van der Waals surface area (Å²) in [6.45, 7) is 4.30. The molecule has 12 nitrogen and oxygen atoms in total. The third-order valence-corrected chi connectivity index (χ3v) is 11.6. The van der Waals surface area contributed by atoms with Crippen molar-refractivity contribution >= 4 is 19.8 Å². The van der Waals surface area contributed by atoms with Crippen LogP contribution in [0.5, 0.6) is 0 Å². The summed E-state index contributed by atoms with van der Waals surface area (Å²) in [7, 11) is -4.70. The molecule has 0 aromatic carbocycles. The zero-order valence-electron chi connectivity index (χ0n) is 39.7. The van der Waals surface area contributed by atoms with Gasteiger partial charge < -0.3 is 34.8 Å². The third kappa shape index (κ3) is 43.5. The van der Waals surface area contributed by atoms with Crippen molar-refractivity contribution in [1.82, 2.24) is 0 Å². The van der Waals surface area contributed by atoms with E-state index in [0.29, 0.717) is 12.8 Å². The van der Waals surface area contributed by atoms with E-state index < -0.39 is 70.6 Å². The number of aliphatic hydroxyl groups excluding tert-OH is 4. The summed E-state index contributed by atoms with van der Waals surface area (Å²) in [5, 5.41) is 39.1. The molecule has 0 bridgehead atoms. The lowest BCUT2D eigenvalue weighted by molar-refractivity contribution is -0.161. The number of carbonyl (C=O) groups excluding carboxylic acids is 2. The maximum Gasteiger partial charge on any atom is 0.472 e. The molecule has 368 valence electrons. The van der Waals surface area contributed by atoms with E-state index in [4.69, 9.17) is 19.1 Å². The molecule has 0 radical (unpaired) electrons. The number of rotatable bonds is 45. The van der Waals surface area contributed by atoms with E-state index in [1.165, 1.54) is 96.3 Å². The Kier molecular flexibility index (Phi) is 42.2. The molecule has 5 N–H and O–H groups in total. The normalized spacial score (nSPS) is 15.2. The Balaban J connectivity index is 4.39. The van der Waals surface area contributed by atoms with Crippen LogP contribution >= 0.6 is 7.82 Å².